The average Bonchev–Trinajstić information content (AvgIpc) is 2.87. The monoisotopic (exact) mass is 619 g/mol. The lowest BCUT2D eigenvalue weighted by Crippen LogP contribution is -2.44. The molecule has 0 spiro atoms. The standard InChI is InChI=1S/C35H42BrNO4/c1-8-9-14-41-30-16-24(36)23(15-29(30)40-7)31-32-25(17-34(3,4)19-27(32)38)37(22-12-10-21(2)11-13-22)26-18-35(5,6)20-28(39)33(26)31/h10-13,15-16,31H,8-9,14,17-20H2,1-7H3. The summed E-state index contributed by atoms with van der Waals surface area (Å²) < 4.78 is 12.7. The largest absolute Gasteiger partial charge is 0.493 e. The van der Waals surface area contributed by atoms with E-state index in [0.29, 0.717) is 30.9 Å². The highest BCUT2D eigenvalue weighted by atomic mass is 79.9. The molecule has 1 heterocycles. The van der Waals surface area contributed by atoms with Gasteiger partial charge in [0.1, 0.15) is 0 Å². The minimum absolute atomic E-state index is 0.108. The van der Waals surface area contributed by atoms with E-state index >= 15 is 0 Å². The van der Waals surface area contributed by atoms with E-state index in [0.717, 1.165) is 63.9 Å². The van der Waals surface area contributed by atoms with Crippen molar-refractivity contribution in [1.82, 2.24) is 0 Å². The van der Waals surface area contributed by atoms with Gasteiger partial charge in [0, 0.05) is 51.5 Å². The van der Waals surface area contributed by atoms with Gasteiger partial charge in [-0.1, -0.05) is 74.7 Å². The van der Waals surface area contributed by atoms with Gasteiger partial charge in [0.15, 0.2) is 23.1 Å². The third-order valence-corrected chi connectivity index (χ3v) is 9.24. The first-order chi connectivity index (χ1) is 19.4. The maximum absolute atomic E-state index is 14.2. The summed E-state index contributed by atoms with van der Waals surface area (Å²) >= 11 is 3.82. The summed E-state index contributed by atoms with van der Waals surface area (Å²) in [7, 11) is 1.64. The number of benzene rings is 2. The highest BCUT2D eigenvalue weighted by Crippen LogP contribution is 2.56. The minimum Gasteiger partial charge on any atom is -0.493 e. The lowest BCUT2D eigenvalue weighted by atomic mass is 9.63. The van der Waals surface area contributed by atoms with E-state index in [4.69, 9.17) is 9.47 Å². The zero-order chi connectivity index (χ0) is 29.7. The Kier molecular flexibility index (Phi) is 8.01. The van der Waals surface area contributed by atoms with Gasteiger partial charge in [0.25, 0.3) is 0 Å². The fraction of sp³-hybridized carbons (Fsp3) is 0.486. The Morgan fingerprint density at radius 2 is 1.44 bits per heavy atom. The number of methoxy groups -OCH3 is 1. The first-order valence-corrected chi connectivity index (χ1v) is 15.5. The summed E-state index contributed by atoms with van der Waals surface area (Å²) in [6.45, 7) is 13.5. The zero-order valence-corrected chi connectivity index (χ0v) is 27.0. The van der Waals surface area contributed by atoms with E-state index in [2.05, 4.69) is 86.6 Å². The van der Waals surface area contributed by atoms with Crippen molar-refractivity contribution in [2.75, 3.05) is 18.6 Å². The second kappa shape index (κ2) is 11.1. The van der Waals surface area contributed by atoms with E-state index < -0.39 is 5.92 Å². The van der Waals surface area contributed by atoms with Crippen LogP contribution in [-0.2, 0) is 9.59 Å². The number of ketones is 2. The van der Waals surface area contributed by atoms with Crippen LogP contribution in [0, 0.1) is 17.8 Å². The van der Waals surface area contributed by atoms with Gasteiger partial charge in [-0.2, -0.15) is 0 Å². The van der Waals surface area contributed by atoms with Gasteiger partial charge in [-0.05, 0) is 66.8 Å². The Bertz CT molecular complexity index is 1390. The molecule has 0 atom stereocenters. The molecular formula is C35H42BrNO4. The van der Waals surface area contributed by atoms with Crippen LogP contribution in [0.15, 0.2) is 63.4 Å². The predicted molar refractivity (Wildman–Crippen MR) is 168 cm³/mol. The number of rotatable bonds is 7. The predicted octanol–water partition coefficient (Wildman–Crippen LogP) is 8.84. The molecule has 5 nitrogen and oxygen atoms in total. The van der Waals surface area contributed by atoms with Gasteiger partial charge in [-0.3, -0.25) is 9.59 Å². The number of halogens is 1. The molecule has 0 radical (unpaired) electrons. The van der Waals surface area contributed by atoms with Crippen molar-refractivity contribution in [2.24, 2.45) is 10.8 Å². The molecule has 41 heavy (non-hydrogen) atoms. The molecule has 6 heteroatoms. The summed E-state index contributed by atoms with van der Waals surface area (Å²) in [6.07, 6.45) is 4.36. The summed E-state index contributed by atoms with van der Waals surface area (Å²) in [5.74, 6) is 1.01. The molecule has 5 rings (SSSR count). The molecule has 3 aliphatic rings. The molecule has 0 amide bonds. The topological polar surface area (TPSA) is 55.8 Å². The van der Waals surface area contributed by atoms with Crippen molar-refractivity contribution in [3.8, 4) is 11.5 Å². The zero-order valence-electron chi connectivity index (χ0n) is 25.4. The molecule has 0 saturated carbocycles. The van der Waals surface area contributed by atoms with E-state index in [1.807, 2.05) is 12.1 Å². The summed E-state index contributed by atoms with van der Waals surface area (Å²) in [6, 6.07) is 12.3. The van der Waals surface area contributed by atoms with Gasteiger partial charge < -0.3 is 14.4 Å². The second-order valence-corrected chi connectivity index (χ2v) is 14.3. The van der Waals surface area contributed by atoms with Crippen LogP contribution < -0.4 is 14.4 Å². The normalized spacial score (nSPS) is 20.2. The van der Waals surface area contributed by atoms with E-state index in [1.165, 1.54) is 5.56 Å². The molecular weight excluding hydrogens is 578 g/mol. The van der Waals surface area contributed by atoms with Crippen LogP contribution in [0.3, 0.4) is 0 Å². The maximum Gasteiger partial charge on any atom is 0.162 e. The first kappa shape index (κ1) is 29.6. The van der Waals surface area contributed by atoms with Crippen LogP contribution in [0.1, 0.15) is 90.2 Å². The Balaban J connectivity index is 1.78. The van der Waals surface area contributed by atoms with Crippen molar-refractivity contribution < 1.29 is 19.1 Å². The van der Waals surface area contributed by atoms with E-state index in [9.17, 15) is 9.59 Å². The van der Waals surface area contributed by atoms with Crippen LogP contribution in [-0.4, -0.2) is 25.3 Å². The second-order valence-electron chi connectivity index (χ2n) is 13.4. The van der Waals surface area contributed by atoms with Gasteiger partial charge in [0.2, 0.25) is 0 Å². The number of hydrogen-bond acceptors (Lipinski definition) is 5. The molecule has 0 saturated heterocycles. The van der Waals surface area contributed by atoms with Gasteiger partial charge in [0.05, 0.1) is 13.7 Å². The number of hydrogen-bond donors (Lipinski definition) is 0. The van der Waals surface area contributed by atoms with Crippen LogP contribution in [0.2, 0.25) is 0 Å². The number of unbranched alkanes of at least 4 members (excludes halogenated alkanes) is 1. The number of aryl methyl sites for hydroxylation is 1. The number of ether oxygens (including phenoxy) is 2. The maximum atomic E-state index is 14.2. The first-order valence-electron chi connectivity index (χ1n) is 14.8. The lowest BCUT2D eigenvalue weighted by Gasteiger charge is -2.49. The van der Waals surface area contributed by atoms with E-state index in [1.54, 1.807) is 7.11 Å². The number of carbonyl (C=O) groups excluding carboxylic acids is 2. The molecule has 0 fully saturated rings. The van der Waals surface area contributed by atoms with Crippen LogP contribution in [0.5, 0.6) is 11.5 Å². The van der Waals surface area contributed by atoms with Gasteiger partial charge in [-0.25, -0.2) is 0 Å². The Morgan fingerprint density at radius 3 is 1.95 bits per heavy atom. The fourth-order valence-corrected chi connectivity index (χ4v) is 7.20. The highest BCUT2D eigenvalue weighted by molar-refractivity contribution is 9.10. The third-order valence-electron chi connectivity index (χ3n) is 8.55. The number of carbonyl (C=O) groups is 2. The molecule has 2 aliphatic carbocycles. The third kappa shape index (κ3) is 5.64. The van der Waals surface area contributed by atoms with Crippen molar-refractivity contribution in [3.63, 3.8) is 0 Å². The molecule has 0 N–H and O–H groups in total. The van der Waals surface area contributed by atoms with Crippen LogP contribution in [0.25, 0.3) is 0 Å². The van der Waals surface area contributed by atoms with Gasteiger partial charge in [-0.15, -0.1) is 0 Å². The number of allylic oxidation sites excluding steroid dienone is 4. The highest BCUT2D eigenvalue weighted by Gasteiger charge is 2.49. The lowest BCUT2D eigenvalue weighted by molar-refractivity contribution is -0.119. The van der Waals surface area contributed by atoms with Gasteiger partial charge >= 0.3 is 0 Å². The number of Topliss-reactive ketones (excluding diaryl/α,β-unsaturated/α-hetero) is 2. The SMILES string of the molecule is CCCCOc1cc(Br)c(C2C3=C(CC(C)(C)CC3=O)N(c3ccc(C)cc3)C3=C2C(=O)CC(C)(C)C3)cc1OC. The van der Waals surface area contributed by atoms with Crippen molar-refractivity contribution >= 4 is 33.2 Å². The van der Waals surface area contributed by atoms with E-state index in [-0.39, 0.29) is 22.4 Å². The Labute approximate surface area is 253 Å². The minimum atomic E-state index is -0.470. The molecule has 218 valence electrons. The summed E-state index contributed by atoms with van der Waals surface area (Å²) in [5, 5.41) is 0. The van der Waals surface area contributed by atoms with Crippen molar-refractivity contribution in [1.29, 1.82) is 0 Å². The molecule has 0 unspecified atom stereocenters. The quantitative estimate of drug-likeness (QED) is 0.290. The number of nitrogens with zero attached hydrogens (tertiary/aromatic N) is 1. The Hall–Kier alpha value is -2.86. The molecule has 1 aliphatic heterocycles. The fourth-order valence-electron chi connectivity index (χ4n) is 6.65. The molecule has 0 aromatic heterocycles. The molecule has 2 aromatic carbocycles. The number of anilines is 1. The van der Waals surface area contributed by atoms with Crippen molar-refractivity contribution in [3.05, 3.63) is 74.5 Å². The molecule has 0 bridgehead atoms. The molecule has 2 aromatic rings. The Morgan fingerprint density at radius 1 is 0.878 bits per heavy atom. The average molecular weight is 621 g/mol. The van der Waals surface area contributed by atoms with Crippen LogP contribution in [0.4, 0.5) is 5.69 Å². The summed E-state index contributed by atoms with van der Waals surface area (Å²) in [5.41, 5.74) is 6.15. The van der Waals surface area contributed by atoms with Crippen LogP contribution >= 0.6 is 15.9 Å². The smallest absolute Gasteiger partial charge is 0.162 e. The summed E-state index contributed by atoms with van der Waals surface area (Å²) in [4.78, 5) is 30.6. The van der Waals surface area contributed by atoms with Crippen molar-refractivity contribution in [2.45, 2.75) is 86.0 Å².